The van der Waals surface area contributed by atoms with E-state index in [2.05, 4.69) is 21.2 Å². The SMILES string of the molecule is CCCNC(c1cccc(F)c1)c1c(F)cccc1Br. The third-order valence-electron chi connectivity index (χ3n) is 3.07. The molecule has 0 aromatic heterocycles. The molecule has 1 unspecified atom stereocenters. The van der Waals surface area contributed by atoms with Crippen molar-refractivity contribution < 1.29 is 8.78 Å². The van der Waals surface area contributed by atoms with Gasteiger partial charge in [-0.3, -0.25) is 0 Å². The fourth-order valence-corrected chi connectivity index (χ4v) is 2.72. The molecule has 20 heavy (non-hydrogen) atoms. The summed E-state index contributed by atoms with van der Waals surface area (Å²) in [7, 11) is 0. The topological polar surface area (TPSA) is 12.0 Å². The van der Waals surface area contributed by atoms with Crippen molar-refractivity contribution in [3.05, 3.63) is 69.7 Å². The Morgan fingerprint density at radius 1 is 1.15 bits per heavy atom. The van der Waals surface area contributed by atoms with Crippen molar-refractivity contribution >= 4 is 15.9 Å². The zero-order valence-electron chi connectivity index (χ0n) is 11.2. The minimum atomic E-state index is -0.374. The number of hydrogen-bond acceptors (Lipinski definition) is 1. The van der Waals surface area contributed by atoms with Crippen LogP contribution in [-0.4, -0.2) is 6.54 Å². The number of nitrogens with one attached hydrogen (secondary N) is 1. The standard InChI is InChI=1S/C16H16BrF2N/c1-2-9-20-16(11-5-3-6-12(18)10-11)15-13(17)7-4-8-14(15)19/h3-8,10,16,20H,2,9H2,1H3. The third-order valence-corrected chi connectivity index (χ3v) is 3.76. The summed E-state index contributed by atoms with van der Waals surface area (Å²) in [6, 6.07) is 10.7. The molecule has 1 atom stereocenters. The lowest BCUT2D eigenvalue weighted by atomic mass is 9.98. The van der Waals surface area contributed by atoms with Gasteiger partial charge in [-0.1, -0.05) is 41.1 Å². The zero-order chi connectivity index (χ0) is 14.5. The molecule has 0 amide bonds. The molecule has 1 N–H and O–H groups in total. The van der Waals surface area contributed by atoms with Gasteiger partial charge < -0.3 is 5.32 Å². The lowest BCUT2D eigenvalue weighted by Crippen LogP contribution is -2.24. The molecule has 0 spiro atoms. The van der Waals surface area contributed by atoms with Crippen LogP contribution >= 0.6 is 15.9 Å². The van der Waals surface area contributed by atoms with Crippen LogP contribution in [0.25, 0.3) is 0 Å². The van der Waals surface area contributed by atoms with E-state index in [1.807, 2.05) is 6.92 Å². The summed E-state index contributed by atoms with van der Waals surface area (Å²) < 4.78 is 28.3. The van der Waals surface area contributed by atoms with Crippen molar-refractivity contribution in [2.24, 2.45) is 0 Å². The summed E-state index contributed by atoms with van der Waals surface area (Å²) >= 11 is 3.38. The highest BCUT2D eigenvalue weighted by atomic mass is 79.9. The summed E-state index contributed by atoms with van der Waals surface area (Å²) in [5.41, 5.74) is 1.22. The molecule has 0 aliphatic rings. The molecule has 0 saturated heterocycles. The van der Waals surface area contributed by atoms with E-state index in [4.69, 9.17) is 0 Å². The maximum Gasteiger partial charge on any atom is 0.129 e. The van der Waals surface area contributed by atoms with Gasteiger partial charge in [-0.05, 0) is 42.8 Å². The number of hydrogen-bond donors (Lipinski definition) is 1. The molecule has 2 aromatic rings. The highest BCUT2D eigenvalue weighted by Gasteiger charge is 2.20. The van der Waals surface area contributed by atoms with Gasteiger partial charge in [0, 0.05) is 10.0 Å². The largest absolute Gasteiger partial charge is 0.306 e. The molecule has 0 heterocycles. The summed E-state index contributed by atoms with van der Waals surface area (Å²) in [5, 5.41) is 3.27. The Bertz CT molecular complexity index is 566. The predicted octanol–water partition coefficient (Wildman–Crippen LogP) is 4.82. The molecule has 0 bridgehead atoms. The van der Waals surface area contributed by atoms with E-state index in [0.717, 1.165) is 13.0 Å². The smallest absolute Gasteiger partial charge is 0.129 e. The Labute approximate surface area is 126 Å². The van der Waals surface area contributed by atoms with Gasteiger partial charge in [-0.15, -0.1) is 0 Å². The Morgan fingerprint density at radius 2 is 1.90 bits per heavy atom. The fourth-order valence-electron chi connectivity index (χ4n) is 2.15. The van der Waals surface area contributed by atoms with Crippen molar-refractivity contribution in [2.45, 2.75) is 19.4 Å². The van der Waals surface area contributed by atoms with Crippen LogP contribution in [0.4, 0.5) is 8.78 Å². The molecule has 1 nitrogen and oxygen atoms in total. The lowest BCUT2D eigenvalue weighted by Gasteiger charge is -2.21. The van der Waals surface area contributed by atoms with Gasteiger partial charge in [0.05, 0.1) is 6.04 Å². The first-order valence-electron chi connectivity index (χ1n) is 6.56. The summed E-state index contributed by atoms with van der Waals surface area (Å²) in [5.74, 6) is -0.629. The van der Waals surface area contributed by atoms with Crippen LogP contribution in [0.5, 0.6) is 0 Å². The molecule has 2 aromatic carbocycles. The van der Waals surface area contributed by atoms with Gasteiger partial charge in [0.2, 0.25) is 0 Å². The van der Waals surface area contributed by atoms with Gasteiger partial charge >= 0.3 is 0 Å². The number of rotatable bonds is 5. The van der Waals surface area contributed by atoms with Gasteiger partial charge in [-0.25, -0.2) is 8.78 Å². The van der Waals surface area contributed by atoms with E-state index < -0.39 is 0 Å². The molecule has 2 rings (SSSR count). The second kappa shape index (κ2) is 6.95. The highest BCUT2D eigenvalue weighted by Crippen LogP contribution is 2.31. The quantitative estimate of drug-likeness (QED) is 0.823. The lowest BCUT2D eigenvalue weighted by molar-refractivity contribution is 0.540. The number of halogens is 3. The van der Waals surface area contributed by atoms with Crippen LogP contribution in [0.15, 0.2) is 46.9 Å². The van der Waals surface area contributed by atoms with Gasteiger partial charge in [0.15, 0.2) is 0 Å². The molecule has 0 aliphatic heterocycles. The van der Waals surface area contributed by atoms with Crippen molar-refractivity contribution in [1.82, 2.24) is 5.32 Å². The molecule has 0 saturated carbocycles. The van der Waals surface area contributed by atoms with Gasteiger partial charge in [0.25, 0.3) is 0 Å². The minimum absolute atomic E-state index is 0.308. The summed E-state index contributed by atoms with van der Waals surface area (Å²) in [6.07, 6.45) is 0.915. The van der Waals surface area contributed by atoms with E-state index in [-0.39, 0.29) is 17.7 Å². The molecule has 106 valence electrons. The Balaban J connectivity index is 2.47. The van der Waals surface area contributed by atoms with Crippen LogP contribution in [0.1, 0.15) is 30.5 Å². The summed E-state index contributed by atoms with van der Waals surface area (Å²) in [4.78, 5) is 0. The Morgan fingerprint density at radius 3 is 2.55 bits per heavy atom. The van der Waals surface area contributed by atoms with Gasteiger partial charge in [-0.2, -0.15) is 0 Å². The molecule has 0 fully saturated rings. The van der Waals surface area contributed by atoms with Gasteiger partial charge in [0.1, 0.15) is 11.6 Å². The Kier molecular flexibility index (Phi) is 5.26. The van der Waals surface area contributed by atoms with Crippen LogP contribution in [-0.2, 0) is 0 Å². The molecule has 4 heteroatoms. The maximum atomic E-state index is 14.2. The predicted molar refractivity (Wildman–Crippen MR) is 80.6 cm³/mol. The van der Waals surface area contributed by atoms with E-state index in [9.17, 15) is 8.78 Å². The third kappa shape index (κ3) is 3.44. The molecule has 0 radical (unpaired) electrons. The second-order valence-electron chi connectivity index (χ2n) is 4.58. The van der Waals surface area contributed by atoms with Crippen molar-refractivity contribution in [3.63, 3.8) is 0 Å². The van der Waals surface area contributed by atoms with E-state index in [0.29, 0.717) is 15.6 Å². The van der Waals surface area contributed by atoms with Crippen molar-refractivity contribution in [3.8, 4) is 0 Å². The van der Waals surface area contributed by atoms with Crippen LogP contribution in [0, 0.1) is 11.6 Å². The van der Waals surface area contributed by atoms with E-state index >= 15 is 0 Å². The van der Waals surface area contributed by atoms with Crippen LogP contribution in [0.3, 0.4) is 0 Å². The van der Waals surface area contributed by atoms with Crippen LogP contribution in [0.2, 0.25) is 0 Å². The first-order chi connectivity index (χ1) is 9.63. The second-order valence-corrected chi connectivity index (χ2v) is 5.43. The number of benzene rings is 2. The molecular weight excluding hydrogens is 324 g/mol. The minimum Gasteiger partial charge on any atom is -0.306 e. The van der Waals surface area contributed by atoms with Crippen LogP contribution < -0.4 is 5.32 Å². The average Bonchev–Trinajstić information content (AvgIpc) is 2.42. The molecule has 0 aliphatic carbocycles. The Hall–Kier alpha value is -1.26. The highest BCUT2D eigenvalue weighted by molar-refractivity contribution is 9.10. The fraction of sp³-hybridized carbons (Fsp3) is 0.250. The first-order valence-corrected chi connectivity index (χ1v) is 7.35. The average molecular weight is 340 g/mol. The van der Waals surface area contributed by atoms with E-state index in [1.54, 1.807) is 24.3 Å². The van der Waals surface area contributed by atoms with Crippen molar-refractivity contribution in [1.29, 1.82) is 0 Å². The normalized spacial score (nSPS) is 12.4. The zero-order valence-corrected chi connectivity index (χ0v) is 12.8. The van der Waals surface area contributed by atoms with E-state index in [1.165, 1.54) is 18.2 Å². The summed E-state index contributed by atoms with van der Waals surface area (Å²) in [6.45, 7) is 2.76. The monoisotopic (exact) mass is 339 g/mol. The van der Waals surface area contributed by atoms with Crippen molar-refractivity contribution in [2.75, 3.05) is 6.54 Å². The maximum absolute atomic E-state index is 14.2. The first kappa shape index (κ1) is 15.1. The molecular formula is C16H16BrF2N.